The van der Waals surface area contributed by atoms with Gasteiger partial charge in [0.05, 0.1) is 0 Å². The number of aryl methyl sites for hydroxylation is 2. The molecule has 6 heteroatoms. The largest absolute Gasteiger partial charge is 0.508 e. The minimum absolute atomic E-state index is 0.00462. The van der Waals surface area contributed by atoms with Gasteiger partial charge in [0, 0.05) is 26.2 Å². The standard InChI is InChI=1S/C14H19F3N2O/c1-9-7-11(20)8-10(2)12(9)13(14(15,16)17)19-5-3-18-4-6-19/h7-8,13,18,20H,3-6H2,1-2H3/t13-/m1/s1. The first-order valence-corrected chi connectivity index (χ1v) is 6.62. The summed E-state index contributed by atoms with van der Waals surface area (Å²) in [7, 11) is 0. The van der Waals surface area contributed by atoms with Crippen molar-refractivity contribution in [3.05, 3.63) is 28.8 Å². The summed E-state index contributed by atoms with van der Waals surface area (Å²) in [5.74, 6) is 0.00462. The topological polar surface area (TPSA) is 35.5 Å². The molecule has 1 aromatic carbocycles. The second-order valence-electron chi connectivity index (χ2n) is 5.22. The van der Waals surface area contributed by atoms with Crippen LogP contribution < -0.4 is 5.32 Å². The molecule has 1 aromatic rings. The molecule has 0 saturated carbocycles. The summed E-state index contributed by atoms with van der Waals surface area (Å²) in [6, 6.07) is 1.18. The van der Waals surface area contributed by atoms with Gasteiger partial charge in [0.2, 0.25) is 0 Å². The molecule has 0 spiro atoms. The Morgan fingerprint density at radius 3 is 2.10 bits per heavy atom. The van der Waals surface area contributed by atoms with Crippen molar-refractivity contribution in [1.29, 1.82) is 0 Å². The molecule has 0 aliphatic carbocycles. The highest BCUT2D eigenvalue weighted by Crippen LogP contribution is 2.41. The molecule has 0 amide bonds. The van der Waals surface area contributed by atoms with Gasteiger partial charge in [-0.05, 0) is 42.7 Å². The number of phenolic OH excluding ortho intramolecular Hbond substituents is 1. The lowest BCUT2D eigenvalue weighted by Crippen LogP contribution is -2.49. The van der Waals surface area contributed by atoms with Crippen LogP contribution in [0.15, 0.2) is 12.1 Å². The average molecular weight is 288 g/mol. The highest BCUT2D eigenvalue weighted by molar-refractivity contribution is 5.43. The Labute approximate surface area is 116 Å². The van der Waals surface area contributed by atoms with Crippen molar-refractivity contribution < 1.29 is 18.3 Å². The Kier molecular flexibility index (Phi) is 4.25. The highest BCUT2D eigenvalue weighted by atomic mass is 19.4. The van der Waals surface area contributed by atoms with E-state index in [1.54, 1.807) is 13.8 Å². The fourth-order valence-corrected chi connectivity index (χ4v) is 2.88. The van der Waals surface area contributed by atoms with E-state index >= 15 is 0 Å². The molecular weight excluding hydrogens is 269 g/mol. The van der Waals surface area contributed by atoms with Gasteiger partial charge in [0.15, 0.2) is 0 Å². The predicted octanol–water partition coefficient (Wildman–Crippen LogP) is 2.52. The molecule has 0 bridgehead atoms. The summed E-state index contributed by atoms with van der Waals surface area (Å²) in [6.45, 7) is 5.07. The molecule has 3 nitrogen and oxygen atoms in total. The van der Waals surface area contributed by atoms with Gasteiger partial charge in [-0.25, -0.2) is 0 Å². The SMILES string of the molecule is Cc1cc(O)cc(C)c1[C@@H](N1CCNCC1)C(F)(F)F. The van der Waals surface area contributed by atoms with Gasteiger partial charge < -0.3 is 10.4 Å². The van der Waals surface area contributed by atoms with E-state index in [1.165, 1.54) is 17.0 Å². The number of nitrogens with one attached hydrogen (secondary N) is 1. The van der Waals surface area contributed by atoms with Crippen LogP contribution in [0.25, 0.3) is 0 Å². The average Bonchev–Trinajstić information content (AvgIpc) is 2.33. The minimum Gasteiger partial charge on any atom is -0.508 e. The number of alkyl halides is 3. The Bertz CT molecular complexity index is 459. The zero-order valence-electron chi connectivity index (χ0n) is 11.6. The van der Waals surface area contributed by atoms with Crippen molar-refractivity contribution in [2.75, 3.05) is 26.2 Å². The van der Waals surface area contributed by atoms with Crippen LogP contribution >= 0.6 is 0 Å². The maximum Gasteiger partial charge on any atom is 0.408 e. The molecule has 2 rings (SSSR count). The van der Waals surface area contributed by atoms with Gasteiger partial charge in [-0.1, -0.05) is 0 Å². The van der Waals surface area contributed by atoms with E-state index in [0.29, 0.717) is 37.3 Å². The van der Waals surface area contributed by atoms with Gasteiger partial charge in [0.25, 0.3) is 0 Å². The third-order valence-corrected chi connectivity index (χ3v) is 3.68. The summed E-state index contributed by atoms with van der Waals surface area (Å²) in [5, 5.41) is 12.6. The van der Waals surface area contributed by atoms with Crippen molar-refractivity contribution in [1.82, 2.24) is 10.2 Å². The van der Waals surface area contributed by atoms with Crippen LogP contribution in [0.2, 0.25) is 0 Å². The predicted molar refractivity (Wildman–Crippen MR) is 70.8 cm³/mol. The number of rotatable bonds is 2. The maximum absolute atomic E-state index is 13.5. The Morgan fingerprint density at radius 1 is 1.15 bits per heavy atom. The molecular formula is C14H19F3N2O. The van der Waals surface area contributed by atoms with Crippen LogP contribution in [0.3, 0.4) is 0 Å². The molecule has 1 saturated heterocycles. The number of halogens is 3. The van der Waals surface area contributed by atoms with Gasteiger partial charge in [-0.15, -0.1) is 0 Å². The van der Waals surface area contributed by atoms with E-state index in [2.05, 4.69) is 5.32 Å². The number of hydrogen-bond donors (Lipinski definition) is 2. The van der Waals surface area contributed by atoms with E-state index in [-0.39, 0.29) is 11.3 Å². The van der Waals surface area contributed by atoms with Crippen molar-refractivity contribution >= 4 is 0 Å². The van der Waals surface area contributed by atoms with E-state index < -0.39 is 12.2 Å². The van der Waals surface area contributed by atoms with Crippen LogP contribution in [0.1, 0.15) is 22.7 Å². The summed E-state index contributed by atoms with van der Waals surface area (Å²) >= 11 is 0. The fourth-order valence-electron chi connectivity index (χ4n) is 2.88. The quantitative estimate of drug-likeness (QED) is 0.878. The van der Waals surface area contributed by atoms with Gasteiger partial charge in [0.1, 0.15) is 11.8 Å². The third kappa shape index (κ3) is 3.07. The van der Waals surface area contributed by atoms with Crippen LogP contribution in [-0.4, -0.2) is 42.4 Å². The monoisotopic (exact) mass is 288 g/mol. The molecule has 1 aliphatic rings. The van der Waals surface area contributed by atoms with Crippen molar-refractivity contribution in [3.8, 4) is 5.75 Å². The molecule has 112 valence electrons. The molecule has 1 fully saturated rings. The molecule has 1 aliphatic heterocycles. The Hall–Kier alpha value is -1.27. The zero-order valence-corrected chi connectivity index (χ0v) is 11.6. The molecule has 0 unspecified atom stereocenters. The fraction of sp³-hybridized carbons (Fsp3) is 0.571. The minimum atomic E-state index is -4.33. The lowest BCUT2D eigenvalue weighted by molar-refractivity contribution is -0.188. The third-order valence-electron chi connectivity index (χ3n) is 3.68. The zero-order chi connectivity index (χ0) is 14.9. The van der Waals surface area contributed by atoms with E-state index in [9.17, 15) is 18.3 Å². The molecule has 0 aromatic heterocycles. The van der Waals surface area contributed by atoms with Crippen molar-refractivity contribution in [2.24, 2.45) is 0 Å². The number of aromatic hydroxyl groups is 1. The number of nitrogens with zero attached hydrogens (tertiary/aromatic N) is 1. The summed E-state index contributed by atoms with van der Waals surface area (Å²) < 4.78 is 40.6. The first kappa shape index (κ1) is 15.1. The van der Waals surface area contributed by atoms with Crippen molar-refractivity contribution in [3.63, 3.8) is 0 Å². The van der Waals surface area contributed by atoms with E-state index in [1.807, 2.05) is 0 Å². The van der Waals surface area contributed by atoms with Crippen molar-refractivity contribution in [2.45, 2.75) is 26.1 Å². The number of hydrogen-bond acceptors (Lipinski definition) is 3. The first-order chi connectivity index (χ1) is 9.30. The normalized spacial score (nSPS) is 19.1. The number of benzene rings is 1. The molecule has 0 radical (unpaired) electrons. The highest BCUT2D eigenvalue weighted by Gasteiger charge is 2.46. The number of phenols is 1. The van der Waals surface area contributed by atoms with Crippen LogP contribution in [-0.2, 0) is 0 Å². The lowest BCUT2D eigenvalue weighted by Gasteiger charge is -2.37. The van der Waals surface area contributed by atoms with Gasteiger partial charge in [-0.3, -0.25) is 4.90 Å². The summed E-state index contributed by atoms with van der Waals surface area (Å²) in [5.41, 5.74) is 1.21. The summed E-state index contributed by atoms with van der Waals surface area (Å²) in [6.07, 6.45) is -4.33. The second-order valence-corrected chi connectivity index (χ2v) is 5.22. The number of piperazine rings is 1. The lowest BCUT2D eigenvalue weighted by atomic mass is 9.93. The van der Waals surface area contributed by atoms with E-state index in [0.717, 1.165) is 0 Å². The molecule has 2 N–H and O–H groups in total. The van der Waals surface area contributed by atoms with E-state index in [4.69, 9.17) is 0 Å². The smallest absolute Gasteiger partial charge is 0.408 e. The second kappa shape index (κ2) is 5.61. The Balaban J connectivity index is 2.46. The Morgan fingerprint density at radius 2 is 1.65 bits per heavy atom. The molecule has 20 heavy (non-hydrogen) atoms. The van der Waals surface area contributed by atoms with Gasteiger partial charge in [-0.2, -0.15) is 13.2 Å². The van der Waals surface area contributed by atoms with Crippen LogP contribution in [0.5, 0.6) is 5.75 Å². The van der Waals surface area contributed by atoms with Gasteiger partial charge >= 0.3 is 6.18 Å². The summed E-state index contributed by atoms with van der Waals surface area (Å²) in [4.78, 5) is 1.46. The maximum atomic E-state index is 13.5. The molecule has 1 heterocycles. The molecule has 1 atom stereocenters. The first-order valence-electron chi connectivity index (χ1n) is 6.62. The van der Waals surface area contributed by atoms with Crippen LogP contribution in [0.4, 0.5) is 13.2 Å². The van der Waals surface area contributed by atoms with Crippen LogP contribution in [0, 0.1) is 13.8 Å².